The van der Waals surface area contributed by atoms with Crippen molar-refractivity contribution in [3.63, 3.8) is 0 Å². The lowest BCUT2D eigenvalue weighted by Crippen LogP contribution is -2.12. The minimum absolute atomic E-state index is 0.0988. The normalized spacial score (nSPS) is 11.9. The van der Waals surface area contributed by atoms with Gasteiger partial charge in [0.15, 0.2) is 0 Å². The number of rotatable bonds is 6. The van der Waals surface area contributed by atoms with E-state index in [2.05, 4.69) is 4.74 Å². The average molecular weight is 251 g/mol. The number of non-ortho nitro benzene ring substituents is 1. The summed E-state index contributed by atoms with van der Waals surface area (Å²) in [4.78, 5) is 21.2. The summed E-state index contributed by atoms with van der Waals surface area (Å²) in [6.07, 6.45) is 2.41. The molecule has 0 bridgehead atoms. The van der Waals surface area contributed by atoms with E-state index in [0.29, 0.717) is 0 Å². The van der Waals surface area contributed by atoms with E-state index in [9.17, 15) is 14.9 Å². The van der Waals surface area contributed by atoms with E-state index in [1.807, 2.05) is 6.92 Å². The van der Waals surface area contributed by atoms with Crippen molar-refractivity contribution in [2.24, 2.45) is 5.92 Å². The summed E-state index contributed by atoms with van der Waals surface area (Å²) in [5.41, 5.74) is 1.14. The first-order valence-corrected chi connectivity index (χ1v) is 5.85. The topological polar surface area (TPSA) is 69.4 Å². The Labute approximate surface area is 106 Å². The monoisotopic (exact) mass is 251 g/mol. The first kappa shape index (κ1) is 14.2. The van der Waals surface area contributed by atoms with Crippen LogP contribution in [0.4, 0.5) is 5.69 Å². The van der Waals surface area contributed by atoms with Gasteiger partial charge in [-0.15, -0.1) is 0 Å². The Hall–Kier alpha value is -1.91. The molecule has 0 saturated heterocycles. The average Bonchev–Trinajstić information content (AvgIpc) is 2.38. The maximum Gasteiger partial charge on any atom is 0.308 e. The molecule has 1 unspecified atom stereocenters. The molecule has 1 aromatic rings. The van der Waals surface area contributed by atoms with E-state index in [-0.39, 0.29) is 17.6 Å². The summed E-state index contributed by atoms with van der Waals surface area (Å²) in [5, 5.41) is 10.5. The molecule has 0 heterocycles. The first-order chi connectivity index (χ1) is 8.54. The predicted octanol–water partition coefficient (Wildman–Crippen LogP) is 2.73. The second-order valence-electron chi connectivity index (χ2n) is 4.24. The molecule has 1 aromatic carbocycles. The highest BCUT2D eigenvalue weighted by atomic mass is 16.6. The van der Waals surface area contributed by atoms with Gasteiger partial charge in [0.05, 0.1) is 18.0 Å². The molecule has 0 aliphatic heterocycles. The van der Waals surface area contributed by atoms with Gasteiger partial charge in [0, 0.05) is 12.1 Å². The summed E-state index contributed by atoms with van der Waals surface area (Å²) < 4.78 is 4.64. The molecule has 18 heavy (non-hydrogen) atoms. The van der Waals surface area contributed by atoms with Crippen molar-refractivity contribution in [1.82, 2.24) is 0 Å². The maximum absolute atomic E-state index is 11.2. The number of ether oxygens (including phenoxy) is 1. The van der Waals surface area contributed by atoms with Crippen LogP contribution < -0.4 is 0 Å². The SMILES string of the molecule is COC(=O)C(C)CCCc1ccc([N+](=O)[O-])cc1. The fraction of sp³-hybridized carbons (Fsp3) is 0.462. The van der Waals surface area contributed by atoms with Crippen LogP contribution in [-0.2, 0) is 16.0 Å². The van der Waals surface area contributed by atoms with Gasteiger partial charge in [-0.25, -0.2) is 0 Å². The van der Waals surface area contributed by atoms with Crippen LogP contribution in [0.2, 0.25) is 0 Å². The van der Waals surface area contributed by atoms with E-state index in [0.717, 1.165) is 24.8 Å². The highest BCUT2D eigenvalue weighted by Gasteiger charge is 2.12. The summed E-state index contributed by atoms with van der Waals surface area (Å²) >= 11 is 0. The minimum atomic E-state index is -0.414. The summed E-state index contributed by atoms with van der Waals surface area (Å²) in [5.74, 6) is -0.299. The fourth-order valence-corrected chi connectivity index (χ4v) is 1.72. The van der Waals surface area contributed by atoms with Gasteiger partial charge in [0.2, 0.25) is 0 Å². The van der Waals surface area contributed by atoms with Crippen molar-refractivity contribution < 1.29 is 14.5 Å². The van der Waals surface area contributed by atoms with Gasteiger partial charge in [0.1, 0.15) is 0 Å². The third kappa shape index (κ3) is 4.16. The first-order valence-electron chi connectivity index (χ1n) is 5.85. The molecule has 5 heteroatoms. The zero-order chi connectivity index (χ0) is 13.5. The molecule has 98 valence electrons. The number of nitro groups is 1. The van der Waals surface area contributed by atoms with Crippen LogP contribution in [0, 0.1) is 16.0 Å². The molecule has 0 N–H and O–H groups in total. The van der Waals surface area contributed by atoms with Crippen LogP contribution >= 0.6 is 0 Å². The molecular weight excluding hydrogens is 234 g/mol. The van der Waals surface area contributed by atoms with E-state index in [4.69, 9.17) is 0 Å². The molecule has 0 aromatic heterocycles. The van der Waals surface area contributed by atoms with Crippen LogP contribution in [0.15, 0.2) is 24.3 Å². The molecule has 0 saturated carbocycles. The second kappa shape index (κ2) is 6.74. The Morgan fingerprint density at radius 2 is 2.00 bits per heavy atom. The Morgan fingerprint density at radius 1 is 1.39 bits per heavy atom. The molecular formula is C13H17NO4. The quantitative estimate of drug-likeness (QED) is 0.443. The van der Waals surface area contributed by atoms with Crippen molar-refractivity contribution in [3.05, 3.63) is 39.9 Å². The standard InChI is InChI=1S/C13H17NO4/c1-10(13(15)18-2)4-3-5-11-6-8-12(9-7-11)14(16)17/h6-10H,3-5H2,1-2H3. The third-order valence-electron chi connectivity index (χ3n) is 2.85. The van der Waals surface area contributed by atoms with Gasteiger partial charge >= 0.3 is 5.97 Å². The summed E-state index contributed by atoms with van der Waals surface area (Å²) in [6.45, 7) is 1.83. The van der Waals surface area contributed by atoms with E-state index in [1.165, 1.54) is 19.2 Å². The predicted molar refractivity (Wildman–Crippen MR) is 67.2 cm³/mol. The Bertz CT molecular complexity index is 414. The number of esters is 1. The minimum Gasteiger partial charge on any atom is -0.469 e. The van der Waals surface area contributed by atoms with E-state index >= 15 is 0 Å². The molecule has 0 spiro atoms. The van der Waals surface area contributed by atoms with Gasteiger partial charge in [-0.3, -0.25) is 14.9 Å². The Kier molecular flexibility index (Phi) is 5.30. The molecule has 0 radical (unpaired) electrons. The van der Waals surface area contributed by atoms with Crippen molar-refractivity contribution in [1.29, 1.82) is 0 Å². The number of aryl methyl sites for hydroxylation is 1. The van der Waals surface area contributed by atoms with E-state index in [1.54, 1.807) is 12.1 Å². The van der Waals surface area contributed by atoms with Gasteiger partial charge in [-0.05, 0) is 24.8 Å². The molecule has 0 amide bonds. The Morgan fingerprint density at radius 3 is 2.50 bits per heavy atom. The van der Waals surface area contributed by atoms with Crippen molar-refractivity contribution in [2.45, 2.75) is 26.2 Å². The highest BCUT2D eigenvalue weighted by Crippen LogP contribution is 2.15. The second-order valence-corrected chi connectivity index (χ2v) is 4.24. The lowest BCUT2D eigenvalue weighted by atomic mass is 10.0. The molecule has 5 nitrogen and oxygen atoms in total. The zero-order valence-electron chi connectivity index (χ0n) is 10.6. The van der Waals surface area contributed by atoms with Crippen molar-refractivity contribution in [2.75, 3.05) is 7.11 Å². The Balaban J connectivity index is 2.40. The molecule has 0 aliphatic rings. The largest absolute Gasteiger partial charge is 0.469 e. The lowest BCUT2D eigenvalue weighted by molar-refractivity contribution is -0.384. The number of carbonyl (C=O) groups excluding carboxylic acids is 1. The van der Waals surface area contributed by atoms with Gasteiger partial charge in [0.25, 0.3) is 5.69 Å². The van der Waals surface area contributed by atoms with Crippen LogP contribution in [0.5, 0.6) is 0 Å². The number of nitro benzene ring substituents is 1. The zero-order valence-corrected chi connectivity index (χ0v) is 10.6. The molecule has 0 fully saturated rings. The summed E-state index contributed by atoms with van der Waals surface area (Å²) in [6, 6.07) is 6.50. The van der Waals surface area contributed by atoms with Crippen LogP contribution in [0.1, 0.15) is 25.3 Å². The van der Waals surface area contributed by atoms with Crippen molar-refractivity contribution >= 4 is 11.7 Å². The van der Waals surface area contributed by atoms with Gasteiger partial charge in [-0.1, -0.05) is 19.1 Å². The smallest absolute Gasteiger partial charge is 0.308 e. The highest BCUT2D eigenvalue weighted by molar-refractivity contribution is 5.71. The van der Waals surface area contributed by atoms with Gasteiger partial charge in [-0.2, -0.15) is 0 Å². The number of methoxy groups -OCH3 is 1. The number of benzene rings is 1. The number of hydrogen-bond acceptors (Lipinski definition) is 4. The van der Waals surface area contributed by atoms with Crippen LogP contribution in [-0.4, -0.2) is 18.0 Å². The fourth-order valence-electron chi connectivity index (χ4n) is 1.72. The van der Waals surface area contributed by atoms with Crippen molar-refractivity contribution in [3.8, 4) is 0 Å². The summed E-state index contributed by atoms with van der Waals surface area (Å²) in [7, 11) is 1.38. The molecule has 0 aliphatic carbocycles. The number of carbonyl (C=O) groups is 1. The number of hydrogen-bond donors (Lipinski definition) is 0. The maximum atomic E-state index is 11.2. The molecule has 1 rings (SSSR count). The lowest BCUT2D eigenvalue weighted by Gasteiger charge is -2.08. The van der Waals surface area contributed by atoms with Crippen LogP contribution in [0.3, 0.4) is 0 Å². The van der Waals surface area contributed by atoms with Gasteiger partial charge < -0.3 is 4.74 Å². The third-order valence-corrected chi connectivity index (χ3v) is 2.85. The number of nitrogens with zero attached hydrogens (tertiary/aromatic N) is 1. The molecule has 1 atom stereocenters. The van der Waals surface area contributed by atoms with Crippen LogP contribution in [0.25, 0.3) is 0 Å². The van der Waals surface area contributed by atoms with E-state index < -0.39 is 4.92 Å².